The lowest BCUT2D eigenvalue weighted by atomic mass is 10.4. The Hall–Kier alpha value is 0.600. The van der Waals surface area contributed by atoms with Crippen molar-refractivity contribution in [1.29, 1.82) is 0 Å². The summed E-state index contributed by atoms with van der Waals surface area (Å²) < 4.78 is 1.78. The SMILES string of the molecule is SC1CCN(Cl)C1. The predicted octanol–water partition coefficient (Wildman–Crippen LogP) is 1.14. The Morgan fingerprint density at radius 3 is 2.57 bits per heavy atom. The van der Waals surface area contributed by atoms with Crippen LogP contribution in [-0.4, -0.2) is 22.8 Å². The average molecular weight is 138 g/mol. The molecule has 1 aliphatic rings. The molecule has 7 heavy (non-hydrogen) atoms. The molecule has 0 saturated carbocycles. The minimum atomic E-state index is 0.512. The van der Waals surface area contributed by atoms with Crippen LogP contribution >= 0.6 is 24.4 Å². The average Bonchev–Trinajstić information content (AvgIpc) is 1.87. The highest BCUT2D eigenvalue weighted by Crippen LogP contribution is 2.14. The summed E-state index contributed by atoms with van der Waals surface area (Å²) in [5.74, 6) is 0. The second-order valence-electron chi connectivity index (χ2n) is 1.81. The van der Waals surface area contributed by atoms with E-state index in [1.165, 1.54) is 0 Å². The molecule has 1 unspecified atom stereocenters. The predicted molar refractivity (Wildman–Crippen MR) is 34.8 cm³/mol. The first-order valence-corrected chi connectivity index (χ1v) is 3.23. The van der Waals surface area contributed by atoms with Crippen LogP contribution in [0.4, 0.5) is 0 Å². The van der Waals surface area contributed by atoms with Crippen molar-refractivity contribution in [2.24, 2.45) is 0 Å². The Morgan fingerprint density at radius 2 is 2.43 bits per heavy atom. The second-order valence-corrected chi connectivity index (χ2v) is 3.02. The summed E-state index contributed by atoms with van der Waals surface area (Å²) in [5, 5.41) is 0.512. The minimum Gasteiger partial charge on any atom is -0.219 e. The first kappa shape index (κ1) is 5.73. The summed E-state index contributed by atoms with van der Waals surface area (Å²) >= 11 is 9.82. The zero-order valence-electron chi connectivity index (χ0n) is 3.97. The molecule has 3 heteroatoms. The lowest BCUT2D eigenvalue weighted by Crippen LogP contribution is -2.06. The molecule has 1 atom stereocenters. The molecule has 0 N–H and O–H groups in total. The van der Waals surface area contributed by atoms with Gasteiger partial charge in [0.2, 0.25) is 0 Å². The van der Waals surface area contributed by atoms with Crippen LogP contribution in [0.1, 0.15) is 6.42 Å². The molecule has 1 fully saturated rings. The highest BCUT2D eigenvalue weighted by molar-refractivity contribution is 7.81. The standard InChI is InChI=1S/C4H8ClNS/c5-6-2-1-4(7)3-6/h4,7H,1-3H2. The molecule has 0 amide bonds. The van der Waals surface area contributed by atoms with Gasteiger partial charge in [-0.05, 0) is 18.2 Å². The maximum absolute atomic E-state index is 5.59. The second kappa shape index (κ2) is 2.25. The molecule has 0 aromatic heterocycles. The lowest BCUT2D eigenvalue weighted by Gasteiger charge is -1.98. The van der Waals surface area contributed by atoms with Crippen LogP contribution in [-0.2, 0) is 0 Å². The van der Waals surface area contributed by atoms with Crippen molar-refractivity contribution in [3.8, 4) is 0 Å². The smallest absolute Gasteiger partial charge is 0.0256 e. The molecule has 1 nitrogen and oxygen atoms in total. The quantitative estimate of drug-likeness (QED) is 0.387. The molecule has 0 aromatic carbocycles. The molecule has 0 aromatic rings. The summed E-state index contributed by atoms with van der Waals surface area (Å²) in [7, 11) is 0. The molecule has 0 spiro atoms. The minimum absolute atomic E-state index is 0.512. The van der Waals surface area contributed by atoms with Gasteiger partial charge < -0.3 is 0 Å². The Balaban J connectivity index is 2.26. The van der Waals surface area contributed by atoms with E-state index in [9.17, 15) is 0 Å². The number of hydrogen-bond donors (Lipinski definition) is 1. The van der Waals surface area contributed by atoms with Crippen molar-refractivity contribution < 1.29 is 0 Å². The molecule has 0 bridgehead atoms. The number of thiol groups is 1. The Labute approximate surface area is 54.2 Å². The van der Waals surface area contributed by atoms with Crippen molar-refractivity contribution in [3.05, 3.63) is 0 Å². The van der Waals surface area contributed by atoms with Crippen LogP contribution in [0.15, 0.2) is 0 Å². The Morgan fingerprint density at radius 1 is 1.71 bits per heavy atom. The van der Waals surface area contributed by atoms with Gasteiger partial charge in [-0.1, -0.05) is 0 Å². The molecule has 42 valence electrons. The van der Waals surface area contributed by atoms with Gasteiger partial charge in [0.05, 0.1) is 0 Å². The molecule has 1 rings (SSSR count). The van der Waals surface area contributed by atoms with Crippen LogP contribution < -0.4 is 0 Å². The van der Waals surface area contributed by atoms with E-state index in [0.29, 0.717) is 5.25 Å². The molecule has 0 aliphatic carbocycles. The lowest BCUT2D eigenvalue weighted by molar-refractivity contribution is 0.569. The van der Waals surface area contributed by atoms with Gasteiger partial charge in [0, 0.05) is 18.3 Å². The molecular formula is C4H8ClNS. The Bertz CT molecular complexity index is 60.7. The van der Waals surface area contributed by atoms with E-state index in [1.807, 2.05) is 0 Å². The fraction of sp³-hybridized carbons (Fsp3) is 1.00. The van der Waals surface area contributed by atoms with E-state index in [1.54, 1.807) is 4.42 Å². The summed E-state index contributed by atoms with van der Waals surface area (Å²) in [4.78, 5) is 0. The number of hydrogen-bond acceptors (Lipinski definition) is 2. The third-order valence-corrected chi connectivity index (χ3v) is 1.84. The summed E-state index contributed by atoms with van der Waals surface area (Å²) in [6, 6.07) is 0. The number of nitrogens with zero attached hydrogens (tertiary/aromatic N) is 1. The van der Waals surface area contributed by atoms with Gasteiger partial charge in [-0.25, -0.2) is 4.42 Å². The van der Waals surface area contributed by atoms with Gasteiger partial charge in [0.1, 0.15) is 0 Å². The summed E-state index contributed by atoms with van der Waals surface area (Å²) in [5.41, 5.74) is 0. The van der Waals surface area contributed by atoms with E-state index in [4.69, 9.17) is 11.8 Å². The van der Waals surface area contributed by atoms with E-state index < -0.39 is 0 Å². The van der Waals surface area contributed by atoms with Crippen LogP contribution in [0.3, 0.4) is 0 Å². The maximum atomic E-state index is 5.59. The topological polar surface area (TPSA) is 3.24 Å². The number of halogens is 1. The third-order valence-electron chi connectivity index (χ3n) is 1.11. The van der Waals surface area contributed by atoms with Gasteiger partial charge in [0.25, 0.3) is 0 Å². The van der Waals surface area contributed by atoms with Crippen LogP contribution in [0.2, 0.25) is 0 Å². The first-order chi connectivity index (χ1) is 3.29. The van der Waals surface area contributed by atoms with Gasteiger partial charge in [0.15, 0.2) is 0 Å². The largest absolute Gasteiger partial charge is 0.219 e. The zero-order chi connectivity index (χ0) is 5.28. The van der Waals surface area contributed by atoms with Gasteiger partial charge >= 0.3 is 0 Å². The number of rotatable bonds is 0. The van der Waals surface area contributed by atoms with E-state index in [2.05, 4.69) is 12.6 Å². The third kappa shape index (κ3) is 1.52. The van der Waals surface area contributed by atoms with Gasteiger partial charge in [-0.2, -0.15) is 12.6 Å². The summed E-state index contributed by atoms with van der Waals surface area (Å²) in [6.45, 7) is 1.93. The normalized spacial score (nSPS) is 34.3. The molecule has 1 aliphatic heterocycles. The van der Waals surface area contributed by atoms with E-state index >= 15 is 0 Å². The van der Waals surface area contributed by atoms with Gasteiger partial charge in [-0.15, -0.1) is 0 Å². The van der Waals surface area contributed by atoms with Crippen molar-refractivity contribution in [2.45, 2.75) is 11.7 Å². The fourth-order valence-corrected chi connectivity index (χ4v) is 1.37. The van der Waals surface area contributed by atoms with Crippen molar-refractivity contribution in [3.63, 3.8) is 0 Å². The zero-order valence-corrected chi connectivity index (χ0v) is 5.62. The monoisotopic (exact) mass is 137 g/mol. The van der Waals surface area contributed by atoms with Crippen molar-refractivity contribution in [1.82, 2.24) is 4.42 Å². The summed E-state index contributed by atoms with van der Waals surface area (Å²) in [6.07, 6.45) is 1.13. The van der Waals surface area contributed by atoms with Crippen molar-refractivity contribution in [2.75, 3.05) is 13.1 Å². The van der Waals surface area contributed by atoms with E-state index in [-0.39, 0.29) is 0 Å². The van der Waals surface area contributed by atoms with Gasteiger partial charge in [-0.3, -0.25) is 0 Å². The van der Waals surface area contributed by atoms with Crippen LogP contribution in [0.5, 0.6) is 0 Å². The van der Waals surface area contributed by atoms with Crippen molar-refractivity contribution >= 4 is 24.4 Å². The molecule has 1 heterocycles. The van der Waals surface area contributed by atoms with Crippen LogP contribution in [0, 0.1) is 0 Å². The van der Waals surface area contributed by atoms with Crippen LogP contribution in [0.25, 0.3) is 0 Å². The highest BCUT2D eigenvalue weighted by atomic mass is 35.5. The maximum Gasteiger partial charge on any atom is 0.0256 e. The molecule has 1 saturated heterocycles. The van der Waals surface area contributed by atoms with E-state index in [0.717, 1.165) is 19.5 Å². The Kier molecular flexibility index (Phi) is 1.84. The fourth-order valence-electron chi connectivity index (χ4n) is 0.700. The highest BCUT2D eigenvalue weighted by Gasteiger charge is 2.16. The molecular weight excluding hydrogens is 130 g/mol. The first-order valence-electron chi connectivity index (χ1n) is 2.38. The molecule has 0 radical (unpaired) electrons.